The Kier molecular flexibility index (Phi) is 7.42. The van der Waals surface area contributed by atoms with Crippen LogP contribution in [0.1, 0.15) is 24.3 Å². The number of aryl methyl sites for hydroxylation is 2. The number of halogens is 3. The molecule has 0 bridgehead atoms. The van der Waals surface area contributed by atoms with Gasteiger partial charge in [0.25, 0.3) is 5.56 Å². The maximum Gasteiger partial charge on any atom is 0.405 e. The minimum atomic E-state index is -4.48. The van der Waals surface area contributed by atoms with Crippen molar-refractivity contribution in [3.63, 3.8) is 0 Å². The maximum absolute atomic E-state index is 13.2. The summed E-state index contributed by atoms with van der Waals surface area (Å²) >= 11 is 2.40. The number of amides is 1. The third-order valence-corrected chi connectivity index (χ3v) is 6.86. The number of thioether (sulfide) groups is 1. The van der Waals surface area contributed by atoms with Crippen LogP contribution in [0.3, 0.4) is 0 Å². The SMILES string of the molecule is CCc1cc2c(=O)n(CCc3ccccc3)c(SC(C)C(=O)NCC(F)(F)F)nc2s1. The molecule has 0 aliphatic heterocycles. The molecule has 1 N–H and O–H groups in total. The van der Waals surface area contributed by atoms with E-state index in [1.807, 2.05) is 48.6 Å². The second kappa shape index (κ2) is 9.86. The van der Waals surface area contributed by atoms with Crippen molar-refractivity contribution in [3.8, 4) is 0 Å². The second-order valence-electron chi connectivity index (χ2n) is 6.96. The molecule has 0 fully saturated rings. The maximum atomic E-state index is 13.2. The summed E-state index contributed by atoms with van der Waals surface area (Å²) in [4.78, 5) is 31.5. The van der Waals surface area contributed by atoms with Crippen LogP contribution in [0.25, 0.3) is 10.2 Å². The lowest BCUT2D eigenvalue weighted by Crippen LogP contribution is -2.38. The molecule has 2 heterocycles. The molecular formula is C21H22F3N3O2S2. The van der Waals surface area contributed by atoms with Gasteiger partial charge in [0.1, 0.15) is 11.4 Å². The minimum Gasteiger partial charge on any atom is -0.346 e. The average molecular weight is 470 g/mol. The average Bonchev–Trinajstić information content (AvgIpc) is 3.15. The fourth-order valence-electron chi connectivity index (χ4n) is 2.94. The molecule has 3 aromatic rings. The van der Waals surface area contributed by atoms with E-state index < -0.39 is 23.9 Å². The zero-order valence-electron chi connectivity index (χ0n) is 17.0. The van der Waals surface area contributed by atoms with Gasteiger partial charge in [0.2, 0.25) is 5.91 Å². The number of nitrogens with zero attached hydrogens (tertiary/aromatic N) is 2. The monoisotopic (exact) mass is 469 g/mol. The molecule has 0 spiro atoms. The molecule has 31 heavy (non-hydrogen) atoms. The van der Waals surface area contributed by atoms with Gasteiger partial charge in [-0.1, -0.05) is 49.0 Å². The van der Waals surface area contributed by atoms with E-state index in [-0.39, 0.29) is 5.56 Å². The molecule has 1 atom stereocenters. The first-order chi connectivity index (χ1) is 14.7. The quantitative estimate of drug-likeness (QED) is 0.392. The number of carbonyl (C=O) groups excluding carboxylic acids is 1. The van der Waals surface area contributed by atoms with Gasteiger partial charge in [0.05, 0.1) is 10.6 Å². The smallest absolute Gasteiger partial charge is 0.346 e. The standard InChI is InChI=1S/C21H22F3N3O2S2/c1-3-15-11-16-18(31-15)26-20(30-13(2)17(28)25-12-21(22,23)24)27(19(16)29)10-9-14-7-5-4-6-8-14/h4-8,11,13H,3,9-10,12H2,1-2H3,(H,25,28). The fraction of sp³-hybridized carbons (Fsp3) is 0.381. The zero-order valence-corrected chi connectivity index (χ0v) is 18.7. The van der Waals surface area contributed by atoms with Crippen molar-refractivity contribution in [3.05, 3.63) is 57.2 Å². The summed E-state index contributed by atoms with van der Waals surface area (Å²) in [5.74, 6) is -0.758. The Hall–Kier alpha value is -2.33. The van der Waals surface area contributed by atoms with Crippen LogP contribution in [0, 0.1) is 0 Å². The third kappa shape index (κ3) is 6.10. The lowest BCUT2D eigenvalue weighted by Gasteiger charge is -2.16. The van der Waals surface area contributed by atoms with Gasteiger partial charge in [-0.05, 0) is 31.4 Å². The number of carbonyl (C=O) groups is 1. The van der Waals surface area contributed by atoms with E-state index in [0.29, 0.717) is 28.3 Å². The number of rotatable bonds is 8. The highest BCUT2D eigenvalue weighted by molar-refractivity contribution is 8.00. The van der Waals surface area contributed by atoms with Crippen LogP contribution in [-0.2, 0) is 24.2 Å². The summed E-state index contributed by atoms with van der Waals surface area (Å²) in [5.41, 5.74) is 0.836. The molecule has 3 rings (SSSR count). The van der Waals surface area contributed by atoms with E-state index in [9.17, 15) is 22.8 Å². The van der Waals surface area contributed by atoms with Crippen LogP contribution in [-0.4, -0.2) is 33.4 Å². The fourth-order valence-corrected chi connectivity index (χ4v) is 4.90. The molecule has 166 valence electrons. The summed E-state index contributed by atoms with van der Waals surface area (Å²) in [5, 5.41) is 1.89. The Bertz CT molecular complexity index is 1110. The van der Waals surface area contributed by atoms with E-state index in [0.717, 1.165) is 28.6 Å². The number of fused-ring (bicyclic) bond motifs is 1. The molecule has 1 amide bonds. The van der Waals surface area contributed by atoms with Gasteiger partial charge in [0, 0.05) is 11.4 Å². The molecule has 0 saturated carbocycles. The Morgan fingerprint density at radius 2 is 2.00 bits per heavy atom. The van der Waals surface area contributed by atoms with E-state index in [2.05, 4.69) is 4.98 Å². The van der Waals surface area contributed by atoms with Crippen LogP contribution in [0.4, 0.5) is 13.2 Å². The van der Waals surface area contributed by atoms with E-state index >= 15 is 0 Å². The Labute approximate surface area is 185 Å². The first-order valence-electron chi connectivity index (χ1n) is 9.76. The normalized spacial score (nSPS) is 12.8. The van der Waals surface area contributed by atoms with Gasteiger partial charge in [-0.2, -0.15) is 13.2 Å². The summed E-state index contributed by atoms with van der Waals surface area (Å²) in [6, 6.07) is 11.5. The number of nitrogens with one attached hydrogen (secondary N) is 1. The predicted molar refractivity (Wildman–Crippen MR) is 118 cm³/mol. The summed E-state index contributed by atoms with van der Waals surface area (Å²) < 4.78 is 38.8. The van der Waals surface area contributed by atoms with Gasteiger partial charge in [-0.15, -0.1) is 11.3 Å². The van der Waals surface area contributed by atoms with E-state index in [1.165, 1.54) is 22.8 Å². The molecule has 10 heteroatoms. The zero-order chi connectivity index (χ0) is 22.6. The highest BCUT2D eigenvalue weighted by atomic mass is 32.2. The van der Waals surface area contributed by atoms with Gasteiger partial charge >= 0.3 is 6.18 Å². The first-order valence-corrected chi connectivity index (χ1v) is 11.5. The summed E-state index contributed by atoms with van der Waals surface area (Å²) in [6.07, 6.45) is -3.13. The van der Waals surface area contributed by atoms with Crippen LogP contribution < -0.4 is 10.9 Å². The van der Waals surface area contributed by atoms with Crippen molar-refractivity contribution < 1.29 is 18.0 Å². The van der Waals surface area contributed by atoms with E-state index in [1.54, 1.807) is 0 Å². The minimum absolute atomic E-state index is 0.206. The number of benzene rings is 1. The number of aromatic nitrogens is 2. The largest absolute Gasteiger partial charge is 0.405 e. The second-order valence-corrected chi connectivity index (χ2v) is 9.39. The lowest BCUT2D eigenvalue weighted by molar-refractivity contribution is -0.137. The van der Waals surface area contributed by atoms with Gasteiger partial charge < -0.3 is 5.32 Å². The number of hydrogen-bond donors (Lipinski definition) is 1. The molecule has 5 nitrogen and oxygen atoms in total. The molecule has 0 radical (unpaired) electrons. The lowest BCUT2D eigenvalue weighted by atomic mass is 10.1. The van der Waals surface area contributed by atoms with E-state index in [4.69, 9.17) is 0 Å². The Morgan fingerprint density at radius 3 is 2.65 bits per heavy atom. The highest BCUT2D eigenvalue weighted by Crippen LogP contribution is 2.27. The topological polar surface area (TPSA) is 64.0 Å². The summed E-state index contributed by atoms with van der Waals surface area (Å²) in [7, 11) is 0. The Morgan fingerprint density at radius 1 is 1.29 bits per heavy atom. The molecule has 0 saturated heterocycles. The molecule has 1 unspecified atom stereocenters. The Balaban J connectivity index is 1.90. The van der Waals surface area contributed by atoms with Gasteiger partial charge in [-0.3, -0.25) is 14.2 Å². The highest BCUT2D eigenvalue weighted by Gasteiger charge is 2.29. The van der Waals surface area contributed by atoms with Crippen molar-refractivity contribution in [2.75, 3.05) is 6.54 Å². The van der Waals surface area contributed by atoms with Crippen molar-refractivity contribution in [2.45, 2.75) is 49.8 Å². The molecule has 2 aromatic heterocycles. The molecule has 1 aromatic carbocycles. The predicted octanol–water partition coefficient (Wildman–Crippen LogP) is 4.42. The van der Waals surface area contributed by atoms with Gasteiger partial charge in [0.15, 0.2) is 5.16 Å². The number of hydrogen-bond acceptors (Lipinski definition) is 5. The molecular weight excluding hydrogens is 447 g/mol. The third-order valence-electron chi connectivity index (χ3n) is 4.60. The van der Waals surface area contributed by atoms with Crippen LogP contribution in [0.2, 0.25) is 0 Å². The number of thiophene rings is 1. The van der Waals surface area contributed by atoms with Crippen molar-refractivity contribution >= 4 is 39.2 Å². The summed E-state index contributed by atoms with van der Waals surface area (Å²) in [6.45, 7) is 2.44. The van der Waals surface area contributed by atoms with Crippen molar-refractivity contribution in [2.24, 2.45) is 0 Å². The first kappa shape index (κ1) is 23.3. The molecule has 0 aliphatic rings. The number of alkyl halides is 3. The van der Waals surface area contributed by atoms with Crippen LogP contribution in [0.15, 0.2) is 46.3 Å². The van der Waals surface area contributed by atoms with Crippen LogP contribution in [0.5, 0.6) is 0 Å². The van der Waals surface area contributed by atoms with Crippen LogP contribution >= 0.6 is 23.1 Å². The molecule has 0 aliphatic carbocycles. The van der Waals surface area contributed by atoms with Gasteiger partial charge in [-0.25, -0.2) is 4.98 Å². The van der Waals surface area contributed by atoms with Crippen molar-refractivity contribution in [1.82, 2.24) is 14.9 Å². The van der Waals surface area contributed by atoms with Crippen molar-refractivity contribution in [1.29, 1.82) is 0 Å².